The number of nitrogen functional groups attached to an aromatic ring is 1. The van der Waals surface area contributed by atoms with Crippen LogP contribution in [0, 0.1) is 6.92 Å². The Labute approximate surface area is 166 Å². The molecule has 0 amide bonds. The number of aromatic nitrogens is 4. The van der Waals surface area contributed by atoms with Gasteiger partial charge in [-0.25, -0.2) is 9.97 Å². The van der Waals surface area contributed by atoms with Gasteiger partial charge in [-0.1, -0.05) is 31.7 Å². The first-order valence-corrected chi connectivity index (χ1v) is 9.71. The zero-order valence-corrected chi connectivity index (χ0v) is 16.9. The van der Waals surface area contributed by atoms with Crippen LogP contribution in [0.15, 0.2) is 37.2 Å². The van der Waals surface area contributed by atoms with Gasteiger partial charge in [0.1, 0.15) is 22.9 Å². The molecule has 3 aromatic rings. The van der Waals surface area contributed by atoms with Crippen LogP contribution >= 0.6 is 0 Å². The van der Waals surface area contributed by atoms with Crippen molar-refractivity contribution in [3.05, 3.63) is 54.3 Å². The Balaban J connectivity index is 2.11. The number of anilines is 1. The van der Waals surface area contributed by atoms with Crippen molar-refractivity contribution in [3.63, 3.8) is 0 Å². The fourth-order valence-corrected chi connectivity index (χ4v) is 3.60. The second-order valence-electron chi connectivity index (χ2n) is 6.95. The number of aromatic amines is 1. The van der Waals surface area contributed by atoms with E-state index in [2.05, 4.69) is 33.9 Å². The summed E-state index contributed by atoms with van der Waals surface area (Å²) in [6.45, 7) is 8.74. The molecule has 0 saturated heterocycles. The van der Waals surface area contributed by atoms with Crippen LogP contribution in [0.25, 0.3) is 23.0 Å². The third-order valence-corrected chi connectivity index (χ3v) is 5.09. The van der Waals surface area contributed by atoms with Crippen LogP contribution in [0.4, 0.5) is 5.82 Å². The predicted molar refractivity (Wildman–Crippen MR) is 115 cm³/mol. The van der Waals surface area contributed by atoms with Crippen molar-refractivity contribution in [2.75, 3.05) is 19.5 Å². The fourth-order valence-electron chi connectivity index (χ4n) is 3.60. The quantitative estimate of drug-likeness (QED) is 0.416. The number of H-pyrrole nitrogens is 1. The molecule has 0 aromatic carbocycles. The van der Waals surface area contributed by atoms with E-state index in [9.17, 15) is 0 Å². The lowest BCUT2D eigenvalue weighted by Gasteiger charge is -2.13. The smallest absolute Gasteiger partial charge is 0.150 e. The maximum atomic E-state index is 6.26. The third kappa shape index (κ3) is 3.87. The number of hydrogen-bond acceptors (Lipinski definition) is 4. The lowest BCUT2D eigenvalue weighted by molar-refractivity contribution is 0.190. The Morgan fingerprint density at radius 2 is 2.25 bits per heavy atom. The van der Waals surface area contributed by atoms with E-state index < -0.39 is 0 Å². The number of nitrogens with zero attached hydrogens (tertiary/aromatic N) is 3. The number of imidazole rings is 1. The molecule has 6 nitrogen and oxygen atoms in total. The molecular weight excluding hydrogens is 350 g/mol. The fraction of sp³-hybridized carbons (Fsp3) is 0.364. The zero-order valence-electron chi connectivity index (χ0n) is 16.9. The van der Waals surface area contributed by atoms with E-state index in [-0.39, 0.29) is 0 Å². The molecule has 3 rings (SSSR count). The van der Waals surface area contributed by atoms with Crippen molar-refractivity contribution in [2.24, 2.45) is 0 Å². The third-order valence-electron chi connectivity index (χ3n) is 5.09. The van der Waals surface area contributed by atoms with E-state index in [0.717, 1.165) is 59.9 Å². The number of rotatable bonds is 9. The maximum Gasteiger partial charge on any atom is 0.150 e. The molecular formula is C22H29N5O. The number of fused-ring (bicyclic) bond motifs is 1. The van der Waals surface area contributed by atoms with Crippen LogP contribution in [0.1, 0.15) is 49.2 Å². The first kappa shape index (κ1) is 19.9. The van der Waals surface area contributed by atoms with E-state index in [4.69, 9.17) is 15.5 Å². The minimum atomic E-state index is 0.328. The molecule has 0 fully saturated rings. The summed E-state index contributed by atoms with van der Waals surface area (Å²) in [5.74, 6) is 1.83. The summed E-state index contributed by atoms with van der Waals surface area (Å²) in [4.78, 5) is 12.8. The standard InChI is InChI=1S/C22H29N5O/c1-5-7-9-17-14-18(25-15(17)3)19-20-21(23)24-11-12-27(20)22(26-19)16(6-2)10-8-13-28-4/h5,7,9,11-12,14,16,25H,1,6,8,10,13H2,2-4H3,(H2,23,24)/b9-7-. The molecule has 0 aliphatic carbocycles. The van der Waals surface area contributed by atoms with E-state index in [0.29, 0.717) is 11.7 Å². The monoisotopic (exact) mass is 379 g/mol. The lowest BCUT2D eigenvalue weighted by atomic mass is 10.00. The number of hydrogen-bond donors (Lipinski definition) is 2. The largest absolute Gasteiger partial charge is 0.385 e. The summed E-state index contributed by atoms with van der Waals surface area (Å²) in [6.07, 6.45) is 12.4. The van der Waals surface area contributed by atoms with Gasteiger partial charge in [0.15, 0.2) is 0 Å². The molecule has 0 radical (unpaired) electrons. The highest BCUT2D eigenvalue weighted by atomic mass is 16.5. The van der Waals surface area contributed by atoms with Crippen LogP contribution in [0.3, 0.4) is 0 Å². The first-order chi connectivity index (χ1) is 13.6. The molecule has 3 N–H and O–H groups in total. The van der Waals surface area contributed by atoms with Gasteiger partial charge >= 0.3 is 0 Å². The van der Waals surface area contributed by atoms with Gasteiger partial charge in [-0.15, -0.1) is 0 Å². The summed E-state index contributed by atoms with van der Waals surface area (Å²) < 4.78 is 7.32. The number of methoxy groups -OCH3 is 1. The second kappa shape index (κ2) is 8.89. The summed E-state index contributed by atoms with van der Waals surface area (Å²) in [7, 11) is 1.74. The second-order valence-corrected chi connectivity index (χ2v) is 6.95. The van der Waals surface area contributed by atoms with Gasteiger partial charge < -0.3 is 15.5 Å². The SMILES string of the molecule is C=C/C=C\c1cc(-c2nc(C(CC)CCCOC)n3ccnc(N)c23)[nH]c1C. The number of nitrogens with one attached hydrogen (secondary N) is 1. The lowest BCUT2D eigenvalue weighted by Crippen LogP contribution is -2.06. The van der Waals surface area contributed by atoms with E-state index in [1.54, 1.807) is 19.4 Å². The Morgan fingerprint density at radius 1 is 1.43 bits per heavy atom. The predicted octanol–water partition coefficient (Wildman–Crippen LogP) is 4.73. The molecule has 0 bridgehead atoms. The highest BCUT2D eigenvalue weighted by molar-refractivity contribution is 5.85. The summed E-state index contributed by atoms with van der Waals surface area (Å²) >= 11 is 0. The molecule has 0 spiro atoms. The first-order valence-electron chi connectivity index (χ1n) is 9.71. The zero-order chi connectivity index (χ0) is 20.1. The van der Waals surface area contributed by atoms with Gasteiger partial charge in [-0.3, -0.25) is 4.40 Å². The van der Waals surface area contributed by atoms with Crippen molar-refractivity contribution in [1.29, 1.82) is 0 Å². The normalized spacial score (nSPS) is 12.8. The average molecular weight is 380 g/mol. The van der Waals surface area contributed by atoms with Gasteiger partial charge in [0.25, 0.3) is 0 Å². The van der Waals surface area contributed by atoms with Crippen molar-refractivity contribution >= 4 is 17.4 Å². The van der Waals surface area contributed by atoms with E-state index >= 15 is 0 Å². The molecule has 0 aliphatic heterocycles. The van der Waals surface area contributed by atoms with Gasteiger partial charge in [0, 0.05) is 37.7 Å². The molecule has 3 heterocycles. The molecule has 0 saturated carbocycles. The summed E-state index contributed by atoms with van der Waals surface area (Å²) in [5, 5.41) is 0. The Morgan fingerprint density at radius 3 is 2.96 bits per heavy atom. The maximum absolute atomic E-state index is 6.26. The van der Waals surface area contributed by atoms with Gasteiger partial charge in [-0.05, 0) is 37.8 Å². The molecule has 0 aliphatic rings. The van der Waals surface area contributed by atoms with Gasteiger partial charge in [-0.2, -0.15) is 0 Å². The highest BCUT2D eigenvalue weighted by Gasteiger charge is 2.22. The van der Waals surface area contributed by atoms with Crippen LogP contribution in [0.5, 0.6) is 0 Å². The van der Waals surface area contributed by atoms with Crippen LogP contribution in [0.2, 0.25) is 0 Å². The highest BCUT2D eigenvalue weighted by Crippen LogP contribution is 2.33. The topological polar surface area (TPSA) is 81.2 Å². The molecule has 6 heteroatoms. The van der Waals surface area contributed by atoms with Crippen LogP contribution in [-0.4, -0.2) is 33.1 Å². The molecule has 3 aromatic heterocycles. The molecule has 1 unspecified atom stereocenters. The van der Waals surface area contributed by atoms with Gasteiger partial charge in [0.05, 0.1) is 5.69 Å². The number of aryl methyl sites for hydroxylation is 1. The Kier molecular flexibility index (Phi) is 6.31. The number of ether oxygens (including phenoxy) is 1. The van der Waals surface area contributed by atoms with E-state index in [1.165, 1.54) is 0 Å². The van der Waals surface area contributed by atoms with E-state index in [1.807, 2.05) is 25.3 Å². The Hall–Kier alpha value is -2.86. The summed E-state index contributed by atoms with van der Waals surface area (Å²) in [5.41, 5.74) is 11.1. The van der Waals surface area contributed by atoms with Gasteiger partial charge in [0.2, 0.25) is 0 Å². The minimum Gasteiger partial charge on any atom is -0.385 e. The van der Waals surface area contributed by atoms with Crippen LogP contribution < -0.4 is 5.73 Å². The summed E-state index contributed by atoms with van der Waals surface area (Å²) in [6, 6.07) is 2.10. The van der Waals surface area contributed by atoms with Crippen molar-refractivity contribution in [2.45, 2.75) is 39.0 Å². The Bertz CT molecular complexity index is 982. The minimum absolute atomic E-state index is 0.328. The molecule has 148 valence electrons. The van der Waals surface area contributed by atoms with Crippen molar-refractivity contribution in [3.8, 4) is 11.4 Å². The molecule has 1 atom stereocenters. The van der Waals surface area contributed by atoms with Crippen molar-refractivity contribution < 1.29 is 4.74 Å². The average Bonchev–Trinajstić information content (AvgIpc) is 3.25. The number of allylic oxidation sites excluding steroid dienone is 2. The molecule has 28 heavy (non-hydrogen) atoms. The van der Waals surface area contributed by atoms with Crippen molar-refractivity contribution in [1.82, 2.24) is 19.4 Å². The number of nitrogens with two attached hydrogens (primary N) is 1. The van der Waals surface area contributed by atoms with Crippen LogP contribution in [-0.2, 0) is 4.74 Å².